The maximum atomic E-state index is 12.6. The first-order valence-electron chi connectivity index (χ1n) is 9.17. The molecule has 0 aliphatic heterocycles. The monoisotopic (exact) mass is 424 g/mol. The third-order valence-corrected chi connectivity index (χ3v) is 5.59. The van der Waals surface area contributed by atoms with E-state index in [0.29, 0.717) is 22.8 Å². The minimum atomic E-state index is -0.336. The van der Waals surface area contributed by atoms with E-state index in [1.807, 2.05) is 49.4 Å². The Morgan fingerprint density at radius 3 is 2.31 bits per heavy atom. The van der Waals surface area contributed by atoms with Gasteiger partial charge in [-0.05, 0) is 48.9 Å². The summed E-state index contributed by atoms with van der Waals surface area (Å²) in [6, 6.07) is 24.0. The molecule has 3 aromatic carbocycles. The predicted octanol–water partition coefficient (Wildman–Crippen LogP) is 5.39. The summed E-state index contributed by atoms with van der Waals surface area (Å²) in [4.78, 5) is 26.2. The van der Waals surface area contributed by atoms with Crippen LogP contribution in [0.15, 0.2) is 83.8 Å². The number of anilines is 1. The molecule has 2 amide bonds. The third kappa shape index (κ3) is 6.11. The highest BCUT2D eigenvalue weighted by Gasteiger charge is 2.18. The molecule has 0 radical (unpaired) electrons. The van der Waals surface area contributed by atoms with E-state index in [1.165, 1.54) is 11.8 Å². The van der Waals surface area contributed by atoms with Crippen LogP contribution in [-0.2, 0) is 11.3 Å². The minimum Gasteiger partial charge on any atom is -0.348 e. The SMILES string of the molecule is CC(Sc1ccc(Cl)cc1)C(=O)Nc1ccccc1C(=O)NCc1ccccc1. The van der Waals surface area contributed by atoms with E-state index in [2.05, 4.69) is 10.6 Å². The van der Waals surface area contributed by atoms with Gasteiger partial charge in [0.05, 0.1) is 16.5 Å². The van der Waals surface area contributed by atoms with Crippen LogP contribution in [-0.4, -0.2) is 17.1 Å². The second kappa shape index (κ2) is 10.1. The van der Waals surface area contributed by atoms with Gasteiger partial charge in [0.25, 0.3) is 5.91 Å². The smallest absolute Gasteiger partial charge is 0.253 e. The molecule has 2 N–H and O–H groups in total. The largest absolute Gasteiger partial charge is 0.348 e. The van der Waals surface area contributed by atoms with Gasteiger partial charge in [-0.15, -0.1) is 11.8 Å². The molecule has 0 aromatic heterocycles. The molecular weight excluding hydrogens is 404 g/mol. The molecule has 1 atom stereocenters. The molecule has 0 heterocycles. The summed E-state index contributed by atoms with van der Waals surface area (Å²) in [7, 11) is 0. The molecule has 4 nitrogen and oxygen atoms in total. The number of benzene rings is 3. The van der Waals surface area contributed by atoms with Gasteiger partial charge >= 0.3 is 0 Å². The summed E-state index contributed by atoms with van der Waals surface area (Å²) >= 11 is 7.33. The standard InChI is InChI=1S/C23H21ClN2O2S/c1-16(29-19-13-11-18(24)12-14-19)22(27)26-21-10-6-5-9-20(21)23(28)25-15-17-7-3-2-4-8-17/h2-14,16H,15H2,1H3,(H,25,28)(H,26,27). The van der Waals surface area contributed by atoms with Crippen LogP contribution in [0.3, 0.4) is 0 Å². The number of carbonyl (C=O) groups is 2. The molecular formula is C23H21ClN2O2S. The highest BCUT2D eigenvalue weighted by molar-refractivity contribution is 8.00. The topological polar surface area (TPSA) is 58.2 Å². The van der Waals surface area contributed by atoms with Gasteiger partial charge in [0.15, 0.2) is 0 Å². The number of amides is 2. The minimum absolute atomic E-state index is 0.173. The van der Waals surface area contributed by atoms with Crippen molar-refractivity contribution < 1.29 is 9.59 Å². The average molecular weight is 425 g/mol. The lowest BCUT2D eigenvalue weighted by Gasteiger charge is -2.15. The van der Waals surface area contributed by atoms with E-state index >= 15 is 0 Å². The van der Waals surface area contributed by atoms with Crippen molar-refractivity contribution in [2.45, 2.75) is 23.6 Å². The molecule has 0 bridgehead atoms. The Bertz CT molecular complexity index is 978. The van der Waals surface area contributed by atoms with Crippen LogP contribution in [0.4, 0.5) is 5.69 Å². The van der Waals surface area contributed by atoms with Crippen LogP contribution in [0.2, 0.25) is 5.02 Å². The summed E-state index contributed by atoms with van der Waals surface area (Å²) < 4.78 is 0. The van der Waals surface area contributed by atoms with Crippen molar-refractivity contribution in [1.29, 1.82) is 0 Å². The van der Waals surface area contributed by atoms with E-state index in [9.17, 15) is 9.59 Å². The highest BCUT2D eigenvalue weighted by Crippen LogP contribution is 2.26. The second-order valence-corrected chi connectivity index (χ2v) is 8.27. The molecule has 0 saturated carbocycles. The first-order chi connectivity index (χ1) is 14.0. The van der Waals surface area contributed by atoms with E-state index in [0.717, 1.165) is 10.5 Å². The normalized spacial score (nSPS) is 11.5. The second-order valence-electron chi connectivity index (χ2n) is 6.42. The Morgan fingerprint density at radius 1 is 0.931 bits per heavy atom. The average Bonchev–Trinajstić information content (AvgIpc) is 2.74. The summed E-state index contributed by atoms with van der Waals surface area (Å²) in [5, 5.41) is 6.09. The molecule has 0 aliphatic rings. The molecule has 0 fully saturated rings. The number of para-hydroxylation sites is 1. The number of carbonyl (C=O) groups excluding carboxylic acids is 2. The zero-order chi connectivity index (χ0) is 20.6. The maximum Gasteiger partial charge on any atom is 0.253 e. The van der Waals surface area contributed by atoms with Crippen molar-refractivity contribution in [1.82, 2.24) is 5.32 Å². The number of hydrogen-bond acceptors (Lipinski definition) is 3. The molecule has 29 heavy (non-hydrogen) atoms. The van der Waals surface area contributed by atoms with Crippen LogP contribution in [0, 0.1) is 0 Å². The molecule has 3 aromatic rings. The predicted molar refractivity (Wildman–Crippen MR) is 119 cm³/mol. The first-order valence-corrected chi connectivity index (χ1v) is 10.4. The van der Waals surface area contributed by atoms with Gasteiger partial charge in [0.1, 0.15) is 0 Å². The fraction of sp³-hybridized carbons (Fsp3) is 0.130. The Morgan fingerprint density at radius 2 is 1.59 bits per heavy atom. The van der Waals surface area contributed by atoms with Crippen molar-refractivity contribution in [3.8, 4) is 0 Å². The Hall–Kier alpha value is -2.76. The van der Waals surface area contributed by atoms with E-state index in [4.69, 9.17) is 11.6 Å². The highest BCUT2D eigenvalue weighted by atomic mass is 35.5. The first kappa shape index (κ1) is 21.0. The number of hydrogen-bond donors (Lipinski definition) is 2. The van der Waals surface area contributed by atoms with E-state index in [-0.39, 0.29) is 17.1 Å². The van der Waals surface area contributed by atoms with Crippen molar-refractivity contribution in [2.75, 3.05) is 5.32 Å². The van der Waals surface area contributed by atoms with Gasteiger partial charge in [0.2, 0.25) is 5.91 Å². The quantitative estimate of drug-likeness (QED) is 0.500. The lowest BCUT2D eigenvalue weighted by atomic mass is 10.1. The van der Waals surface area contributed by atoms with Gasteiger partial charge in [0, 0.05) is 16.5 Å². The molecule has 0 spiro atoms. The van der Waals surface area contributed by atoms with E-state index < -0.39 is 0 Å². The zero-order valence-corrected chi connectivity index (χ0v) is 17.5. The molecule has 0 saturated heterocycles. The van der Waals surface area contributed by atoms with Crippen LogP contribution in [0.5, 0.6) is 0 Å². The molecule has 148 valence electrons. The van der Waals surface area contributed by atoms with Gasteiger partial charge in [-0.25, -0.2) is 0 Å². The maximum absolute atomic E-state index is 12.6. The third-order valence-electron chi connectivity index (χ3n) is 4.22. The number of thioether (sulfide) groups is 1. The summed E-state index contributed by atoms with van der Waals surface area (Å²) in [6.07, 6.45) is 0. The van der Waals surface area contributed by atoms with Crippen molar-refractivity contribution in [3.63, 3.8) is 0 Å². The number of halogens is 1. The summed E-state index contributed by atoms with van der Waals surface area (Å²) in [6.45, 7) is 2.25. The van der Waals surface area contributed by atoms with Crippen molar-refractivity contribution in [3.05, 3.63) is 95.0 Å². The summed E-state index contributed by atoms with van der Waals surface area (Å²) in [5.74, 6) is -0.406. The number of nitrogens with one attached hydrogen (secondary N) is 2. The molecule has 0 aliphatic carbocycles. The lowest BCUT2D eigenvalue weighted by Crippen LogP contribution is -2.27. The Kier molecular flexibility index (Phi) is 7.33. The molecule has 1 unspecified atom stereocenters. The van der Waals surface area contributed by atoms with Gasteiger partial charge in [-0.2, -0.15) is 0 Å². The lowest BCUT2D eigenvalue weighted by molar-refractivity contribution is -0.115. The van der Waals surface area contributed by atoms with Crippen LogP contribution in [0.1, 0.15) is 22.8 Å². The molecule has 6 heteroatoms. The van der Waals surface area contributed by atoms with Crippen LogP contribution >= 0.6 is 23.4 Å². The zero-order valence-electron chi connectivity index (χ0n) is 15.9. The van der Waals surface area contributed by atoms with Crippen LogP contribution in [0.25, 0.3) is 0 Å². The van der Waals surface area contributed by atoms with Gasteiger partial charge in [-0.1, -0.05) is 54.1 Å². The Labute approximate surface area is 179 Å². The van der Waals surface area contributed by atoms with Crippen LogP contribution < -0.4 is 10.6 Å². The number of rotatable bonds is 7. The fourth-order valence-electron chi connectivity index (χ4n) is 2.67. The Balaban J connectivity index is 1.63. The fourth-order valence-corrected chi connectivity index (χ4v) is 3.66. The van der Waals surface area contributed by atoms with Gasteiger partial charge < -0.3 is 10.6 Å². The van der Waals surface area contributed by atoms with Crippen molar-refractivity contribution >= 4 is 40.9 Å². The summed E-state index contributed by atoms with van der Waals surface area (Å²) in [5.41, 5.74) is 1.93. The van der Waals surface area contributed by atoms with E-state index in [1.54, 1.807) is 36.4 Å². The van der Waals surface area contributed by atoms with Gasteiger partial charge in [-0.3, -0.25) is 9.59 Å². The molecule has 3 rings (SSSR count). The van der Waals surface area contributed by atoms with Crippen molar-refractivity contribution in [2.24, 2.45) is 0 Å².